The first-order valence-electron chi connectivity index (χ1n) is 7.18. The molecule has 0 bridgehead atoms. The summed E-state index contributed by atoms with van der Waals surface area (Å²) in [5.74, 6) is 1.56. The van der Waals surface area contributed by atoms with Gasteiger partial charge in [-0.2, -0.15) is 25.3 Å². The third-order valence-electron chi connectivity index (χ3n) is 3.17. The average Bonchev–Trinajstić information content (AvgIpc) is 2.35. The van der Waals surface area contributed by atoms with Crippen molar-refractivity contribution in [2.24, 2.45) is 0 Å². The largest absolute Gasteiger partial charge is 0.176 e. The first-order chi connectivity index (χ1) is 8.70. The molecule has 0 heterocycles. The normalized spacial score (nSPS) is 14.7. The monoisotopic (exact) mass is 330 g/mol. The van der Waals surface area contributed by atoms with Gasteiger partial charge in [0, 0.05) is 22.3 Å². The van der Waals surface area contributed by atoms with Gasteiger partial charge in [-0.15, -0.1) is 23.2 Å². The van der Waals surface area contributed by atoms with Gasteiger partial charge in [-0.05, 0) is 38.5 Å². The van der Waals surface area contributed by atoms with E-state index in [0.29, 0.717) is 10.5 Å². The van der Waals surface area contributed by atoms with Gasteiger partial charge in [-0.1, -0.05) is 25.7 Å². The van der Waals surface area contributed by atoms with Crippen molar-refractivity contribution in [2.45, 2.75) is 74.7 Å². The Morgan fingerprint density at radius 1 is 0.556 bits per heavy atom. The van der Waals surface area contributed by atoms with Gasteiger partial charge in [0.1, 0.15) is 0 Å². The van der Waals surface area contributed by atoms with Crippen molar-refractivity contribution in [2.75, 3.05) is 11.8 Å². The minimum atomic E-state index is 0.558. The van der Waals surface area contributed by atoms with Gasteiger partial charge in [-0.25, -0.2) is 0 Å². The van der Waals surface area contributed by atoms with Crippen LogP contribution in [0.15, 0.2) is 0 Å². The number of hydrogen-bond donors (Lipinski definition) is 2. The minimum Gasteiger partial charge on any atom is -0.176 e. The predicted octanol–water partition coefficient (Wildman–Crippen LogP) is 5.96. The molecule has 2 atom stereocenters. The van der Waals surface area contributed by atoms with Crippen LogP contribution in [0.5, 0.6) is 0 Å². The van der Waals surface area contributed by atoms with Crippen LogP contribution >= 0.6 is 48.5 Å². The molecule has 0 aliphatic carbocycles. The molecule has 0 N–H and O–H groups in total. The number of rotatable bonds is 13. The van der Waals surface area contributed by atoms with E-state index < -0.39 is 0 Å². The van der Waals surface area contributed by atoms with E-state index in [1.165, 1.54) is 51.4 Å². The van der Waals surface area contributed by atoms with Gasteiger partial charge in [0.2, 0.25) is 0 Å². The lowest BCUT2D eigenvalue weighted by molar-refractivity contribution is 0.565. The molecule has 0 saturated heterocycles. The summed E-state index contributed by atoms with van der Waals surface area (Å²) in [6.07, 6.45) is 12.1. The van der Waals surface area contributed by atoms with E-state index in [9.17, 15) is 0 Å². The SMILES string of the molecule is SC(CCCCCl)CCCCC(S)CCCCCl. The minimum absolute atomic E-state index is 0.558. The molecular formula is C14H28Cl2S2. The molecule has 0 saturated carbocycles. The fourth-order valence-electron chi connectivity index (χ4n) is 2.00. The second-order valence-corrected chi connectivity index (χ2v) is 7.18. The zero-order valence-corrected chi connectivity index (χ0v) is 14.6. The van der Waals surface area contributed by atoms with Crippen LogP contribution < -0.4 is 0 Å². The predicted molar refractivity (Wildman–Crippen MR) is 93.2 cm³/mol. The van der Waals surface area contributed by atoms with Crippen molar-refractivity contribution in [3.8, 4) is 0 Å². The van der Waals surface area contributed by atoms with Gasteiger partial charge in [0.25, 0.3) is 0 Å². The Hall–Kier alpha value is 1.28. The van der Waals surface area contributed by atoms with Crippen molar-refractivity contribution in [3.63, 3.8) is 0 Å². The van der Waals surface area contributed by atoms with Crippen molar-refractivity contribution in [3.05, 3.63) is 0 Å². The molecular weight excluding hydrogens is 303 g/mol. The lowest BCUT2D eigenvalue weighted by Gasteiger charge is -2.12. The molecule has 110 valence electrons. The Morgan fingerprint density at radius 3 is 1.11 bits per heavy atom. The molecule has 0 nitrogen and oxygen atoms in total. The van der Waals surface area contributed by atoms with Gasteiger partial charge in [0.05, 0.1) is 0 Å². The Morgan fingerprint density at radius 2 is 0.833 bits per heavy atom. The molecule has 0 aliphatic rings. The summed E-state index contributed by atoms with van der Waals surface area (Å²) in [7, 11) is 0. The van der Waals surface area contributed by atoms with Crippen LogP contribution in [0, 0.1) is 0 Å². The summed E-state index contributed by atoms with van der Waals surface area (Å²) in [6, 6.07) is 0. The van der Waals surface area contributed by atoms with E-state index in [-0.39, 0.29) is 0 Å². The van der Waals surface area contributed by atoms with Crippen molar-refractivity contribution >= 4 is 48.5 Å². The van der Waals surface area contributed by atoms with Crippen LogP contribution in [-0.4, -0.2) is 22.3 Å². The lowest BCUT2D eigenvalue weighted by atomic mass is 10.0. The van der Waals surface area contributed by atoms with Crippen LogP contribution in [0.4, 0.5) is 0 Å². The van der Waals surface area contributed by atoms with Crippen LogP contribution in [0.2, 0.25) is 0 Å². The molecule has 0 amide bonds. The lowest BCUT2D eigenvalue weighted by Crippen LogP contribution is -2.02. The van der Waals surface area contributed by atoms with Crippen LogP contribution in [-0.2, 0) is 0 Å². The van der Waals surface area contributed by atoms with Crippen LogP contribution in [0.1, 0.15) is 64.2 Å². The number of unbranched alkanes of at least 4 members (excludes halogenated alkanes) is 3. The summed E-state index contributed by atoms with van der Waals surface area (Å²) < 4.78 is 0. The molecule has 2 unspecified atom stereocenters. The van der Waals surface area contributed by atoms with E-state index >= 15 is 0 Å². The number of halogens is 2. The van der Waals surface area contributed by atoms with E-state index in [2.05, 4.69) is 25.3 Å². The topological polar surface area (TPSA) is 0 Å². The fourth-order valence-corrected chi connectivity index (χ4v) is 3.11. The molecule has 0 radical (unpaired) electrons. The maximum Gasteiger partial charge on any atom is 0.0223 e. The highest BCUT2D eigenvalue weighted by atomic mass is 35.5. The zero-order valence-electron chi connectivity index (χ0n) is 11.3. The Bertz CT molecular complexity index is 150. The van der Waals surface area contributed by atoms with Crippen LogP contribution in [0.3, 0.4) is 0 Å². The quantitative estimate of drug-likeness (QED) is 0.232. The smallest absolute Gasteiger partial charge is 0.0223 e. The molecule has 0 fully saturated rings. The molecule has 0 aliphatic heterocycles. The molecule has 0 rings (SSSR count). The number of thiol groups is 2. The second-order valence-electron chi connectivity index (χ2n) is 4.96. The third-order valence-corrected chi connectivity index (χ3v) is 4.73. The van der Waals surface area contributed by atoms with E-state index in [1.54, 1.807) is 0 Å². The standard InChI is InChI=1S/C14H28Cl2S2/c15-11-5-3-9-13(17)7-1-2-8-14(18)10-4-6-12-16/h13-14,17-18H,1-12H2. The van der Waals surface area contributed by atoms with E-state index in [0.717, 1.165) is 24.6 Å². The summed E-state index contributed by atoms with van der Waals surface area (Å²) in [5.41, 5.74) is 0. The Labute approximate surface area is 134 Å². The average molecular weight is 331 g/mol. The molecule has 0 aromatic heterocycles. The van der Waals surface area contributed by atoms with Crippen LogP contribution in [0.25, 0.3) is 0 Å². The third kappa shape index (κ3) is 13.7. The maximum absolute atomic E-state index is 5.66. The van der Waals surface area contributed by atoms with Crippen molar-refractivity contribution in [1.29, 1.82) is 0 Å². The van der Waals surface area contributed by atoms with Gasteiger partial charge < -0.3 is 0 Å². The van der Waals surface area contributed by atoms with Crippen molar-refractivity contribution in [1.82, 2.24) is 0 Å². The first-order valence-corrected chi connectivity index (χ1v) is 9.29. The van der Waals surface area contributed by atoms with Gasteiger partial charge in [-0.3, -0.25) is 0 Å². The molecule has 0 spiro atoms. The number of alkyl halides is 2. The highest BCUT2D eigenvalue weighted by molar-refractivity contribution is 7.81. The van der Waals surface area contributed by atoms with Gasteiger partial charge >= 0.3 is 0 Å². The summed E-state index contributed by atoms with van der Waals surface area (Å²) in [4.78, 5) is 0. The second kappa shape index (κ2) is 14.7. The zero-order chi connectivity index (χ0) is 13.6. The Kier molecular flexibility index (Phi) is 15.7. The van der Waals surface area contributed by atoms with E-state index in [4.69, 9.17) is 23.2 Å². The molecule has 0 aromatic rings. The first kappa shape index (κ1) is 19.3. The van der Waals surface area contributed by atoms with Crippen molar-refractivity contribution < 1.29 is 0 Å². The highest BCUT2D eigenvalue weighted by Gasteiger charge is 2.05. The Balaban J connectivity index is 3.27. The number of hydrogen-bond acceptors (Lipinski definition) is 2. The summed E-state index contributed by atoms with van der Waals surface area (Å²) in [6.45, 7) is 0. The highest BCUT2D eigenvalue weighted by Crippen LogP contribution is 2.19. The molecule has 0 aromatic carbocycles. The molecule has 4 heteroatoms. The van der Waals surface area contributed by atoms with Gasteiger partial charge in [0.15, 0.2) is 0 Å². The summed E-state index contributed by atoms with van der Waals surface area (Å²) in [5, 5.41) is 1.12. The fraction of sp³-hybridized carbons (Fsp3) is 1.00. The maximum atomic E-state index is 5.66. The summed E-state index contributed by atoms with van der Waals surface area (Å²) >= 11 is 20.6. The molecule has 18 heavy (non-hydrogen) atoms. The van der Waals surface area contributed by atoms with E-state index in [1.807, 2.05) is 0 Å².